The number of carboxylic acid groups (broad SMARTS) is 1. The molecule has 1 N–H and O–H groups in total. The van der Waals surface area contributed by atoms with Gasteiger partial charge in [-0.3, -0.25) is 4.79 Å². The molecular formula is C10H15NO3S. The molecule has 5 heteroatoms. The maximum Gasteiger partial charge on any atom is 0.317 e. The van der Waals surface area contributed by atoms with Crippen molar-refractivity contribution in [2.24, 2.45) is 0 Å². The van der Waals surface area contributed by atoms with Crippen LogP contribution >= 0.6 is 11.8 Å². The average molecular weight is 229 g/mol. The molecule has 1 unspecified atom stereocenters. The highest BCUT2D eigenvalue weighted by molar-refractivity contribution is 8.00. The summed E-state index contributed by atoms with van der Waals surface area (Å²) in [7, 11) is 0. The van der Waals surface area contributed by atoms with Gasteiger partial charge in [0.2, 0.25) is 0 Å². The number of hydrogen-bond acceptors (Lipinski definition) is 4. The Balaban J connectivity index is 2.54. The van der Waals surface area contributed by atoms with Crippen molar-refractivity contribution in [3.05, 3.63) is 12.0 Å². The molecule has 0 amide bonds. The molecule has 0 spiro atoms. The molecule has 0 bridgehead atoms. The van der Waals surface area contributed by atoms with Gasteiger partial charge in [-0.05, 0) is 13.3 Å². The molecule has 1 rings (SSSR count). The third-order valence-corrected chi connectivity index (χ3v) is 3.05. The lowest BCUT2D eigenvalue weighted by Gasteiger charge is -2.07. The molecule has 1 aromatic rings. The Hall–Kier alpha value is -0.970. The van der Waals surface area contributed by atoms with E-state index in [-0.39, 0.29) is 0 Å². The summed E-state index contributed by atoms with van der Waals surface area (Å²) in [6.45, 7) is 3.86. The molecule has 1 atom stereocenters. The predicted octanol–water partition coefficient (Wildman–Crippen LogP) is 2.72. The number of hydrogen-bond donors (Lipinski definition) is 1. The molecule has 0 aromatic carbocycles. The lowest BCUT2D eigenvalue weighted by molar-refractivity contribution is -0.136. The molecule has 0 fully saturated rings. The summed E-state index contributed by atoms with van der Waals surface area (Å²) >= 11 is 1.18. The van der Waals surface area contributed by atoms with Crippen LogP contribution in [0.5, 0.6) is 0 Å². The van der Waals surface area contributed by atoms with Crippen LogP contribution in [-0.2, 0) is 4.79 Å². The van der Waals surface area contributed by atoms with Gasteiger partial charge in [0.05, 0.1) is 5.69 Å². The number of carbonyl (C=O) groups is 1. The van der Waals surface area contributed by atoms with E-state index in [1.807, 2.05) is 13.8 Å². The summed E-state index contributed by atoms with van der Waals surface area (Å²) in [5.41, 5.74) is 0.775. The Morgan fingerprint density at radius 2 is 2.47 bits per heavy atom. The second-order valence-electron chi connectivity index (χ2n) is 3.34. The van der Waals surface area contributed by atoms with Crippen LogP contribution in [0.2, 0.25) is 0 Å². The molecule has 4 nitrogen and oxygen atoms in total. The summed E-state index contributed by atoms with van der Waals surface area (Å²) in [4.78, 5) is 15.0. The van der Waals surface area contributed by atoms with Crippen LogP contribution in [0.15, 0.2) is 15.9 Å². The number of oxazole rings is 1. The van der Waals surface area contributed by atoms with Crippen LogP contribution < -0.4 is 0 Å². The van der Waals surface area contributed by atoms with E-state index in [1.54, 1.807) is 0 Å². The molecule has 0 saturated heterocycles. The quantitative estimate of drug-likeness (QED) is 0.760. The largest absolute Gasteiger partial charge is 0.480 e. The standard InChI is InChI=1S/C10H15NO3S/c1-3-4-5-8(9(12)13)15-10-11-7(2)6-14-10/h6,8H,3-5H2,1-2H3,(H,12,13). The molecule has 15 heavy (non-hydrogen) atoms. The number of carboxylic acids is 1. The predicted molar refractivity (Wildman–Crippen MR) is 58.0 cm³/mol. The number of rotatable bonds is 6. The van der Waals surface area contributed by atoms with Crippen LogP contribution in [0.4, 0.5) is 0 Å². The van der Waals surface area contributed by atoms with Gasteiger partial charge < -0.3 is 9.52 Å². The summed E-state index contributed by atoms with van der Waals surface area (Å²) in [6, 6.07) is 0. The summed E-state index contributed by atoms with van der Waals surface area (Å²) in [5, 5.41) is 8.96. The van der Waals surface area contributed by atoms with Crippen molar-refractivity contribution in [1.82, 2.24) is 4.98 Å². The molecule has 0 radical (unpaired) electrons. The van der Waals surface area contributed by atoms with Crippen molar-refractivity contribution in [1.29, 1.82) is 0 Å². The first kappa shape index (κ1) is 12.1. The average Bonchev–Trinajstić information content (AvgIpc) is 2.58. The Bertz CT molecular complexity index is 324. The number of aryl methyl sites for hydroxylation is 1. The van der Waals surface area contributed by atoms with Gasteiger partial charge in [-0.25, -0.2) is 4.98 Å². The minimum Gasteiger partial charge on any atom is -0.480 e. The van der Waals surface area contributed by atoms with E-state index in [1.165, 1.54) is 18.0 Å². The van der Waals surface area contributed by atoms with E-state index in [9.17, 15) is 4.79 Å². The smallest absolute Gasteiger partial charge is 0.317 e. The minimum absolute atomic E-state index is 0.441. The van der Waals surface area contributed by atoms with Crippen LogP contribution in [0.1, 0.15) is 31.9 Å². The Morgan fingerprint density at radius 3 is 2.93 bits per heavy atom. The van der Waals surface area contributed by atoms with Crippen LogP contribution in [0, 0.1) is 6.92 Å². The van der Waals surface area contributed by atoms with Crippen molar-refractivity contribution in [2.75, 3.05) is 0 Å². The Morgan fingerprint density at radius 1 is 1.73 bits per heavy atom. The first-order valence-electron chi connectivity index (χ1n) is 4.95. The molecule has 0 aliphatic carbocycles. The zero-order valence-electron chi connectivity index (χ0n) is 8.90. The minimum atomic E-state index is -0.802. The second-order valence-corrected chi connectivity index (χ2v) is 4.50. The fourth-order valence-electron chi connectivity index (χ4n) is 1.13. The molecular weight excluding hydrogens is 214 g/mol. The fourth-order valence-corrected chi connectivity index (χ4v) is 2.06. The van der Waals surface area contributed by atoms with Crippen molar-refractivity contribution >= 4 is 17.7 Å². The highest BCUT2D eigenvalue weighted by Gasteiger charge is 2.20. The lowest BCUT2D eigenvalue weighted by atomic mass is 10.2. The Kier molecular flexibility index (Phi) is 4.68. The maximum atomic E-state index is 10.9. The van der Waals surface area contributed by atoms with Crippen molar-refractivity contribution < 1.29 is 14.3 Å². The normalized spacial score (nSPS) is 12.7. The topological polar surface area (TPSA) is 63.3 Å². The highest BCUT2D eigenvalue weighted by atomic mass is 32.2. The van der Waals surface area contributed by atoms with Crippen LogP contribution in [0.3, 0.4) is 0 Å². The SMILES string of the molecule is CCCCC(Sc1nc(C)co1)C(=O)O. The number of nitrogens with zero attached hydrogens (tertiary/aromatic N) is 1. The molecule has 84 valence electrons. The third kappa shape index (κ3) is 3.95. The van der Waals surface area contributed by atoms with Gasteiger partial charge in [-0.15, -0.1) is 0 Å². The van der Waals surface area contributed by atoms with Crippen molar-refractivity contribution in [3.8, 4) is 0 Å². The highest BCUT2D eigenvalue weighted by Crippen LogP contribution is 2.26. The zero-order valence-corrected chi connectivity index (χ0v) is 9.71. The summed E-state index contributed by atoms with van der Waals surface area (Å²) in [6.07, 6.45) is 4.08. The van der Waals surface area contributed by atoms with E-state index >= 15 is 0 Å². The summed E-state index contributed by atoms with van der Waals surface area (Å²) in [5.74, 6) is -0.802. The first-order chi connectivity index (χ1) is 7.13. The molecule has 1 heterocycles. The van der Waals surface area contributed by atoms with E-state index in [0.717, 1.165) is 18.5 Å². The van der Waals surface area contributed by atoms with Gasteiger partial charge in [0.25, 0.3) is 5.22 Å². The van der Waals surface area contributed by atoms with Gasteiger partial charge in [0, 0.05) is 0 Å². The van der Waals surface area contributed by atoms with E-state index in [2.05, 4.69) is 4.98 Å². The van der Waals surface area contributed by atoms with Gasteiger partial charge >= 0.3 is 5.97 Å². The number of unbranched alkanes of at least 4 members (excludes halogenated alkanes) is 1. The first-order valence-corrected chi connectivity index (χ1v) is 5.83. The number of aliphatic carboxylic acids is 1. The fraction of sp³-hybridized carbons (Fsp3) is 0.600. The van der Waals surface area contributed by atoms with Crippen molar-refractivity contribution in [3.63, 3.8) is 0 Å². The van der Waals surface area contributed by atoms with E-state index in [4.69, 9.17) is 9.52 Å². The Labute approximate surface area is 93.1 Å². The molecule has 1 aromatic heterocycles. The number of thioether (sulfide) groups is 1. The van der Waals surface area contributed by atoms with Crippen LogP contribution in [0.25, 0.3) is 0 Å². The molecule has 0 aliphatic heterocycles. The number of aromatic nitrogens is 1. The maximum absolute atomic E-state index is 10.9. The van der Waals surface area contributed by atoms with Gasteiger partial charge in [0.15, 0.2) is 0 Å². The van der Waals surface area contributed by atoms with Gasteiger partial charge in [0.1, 0.15) is 11.5 Å². The summed E-state index contributed by atoms with van der Waals surface area (Å²) < 4.78 is 5.11. The molecule has 0 saturated carbocycles. The van der Waals surface area contributed by atoms with Gasteiger partial charge in [-0.1, -0.05) is 31.5 Å². The van der Waals surface area contributed by atoms with Crippen molar-refractivity contribution in [2.45, 2.75) is 43.6 Å². The van der Waals surface area contributed by atoms with E-state index < -0.39 is 11.2 Å². The van der Waals surface area contributed by atoms with Crippen LogP contribution in [-0.4, -0.2) is 21.3 Å². The molecule has 0 aliphatic rings. The van der Waals surface area contributed by atoms with E-state index in [0.29, 0.717) is 11.6 Å². The monoisotopic (exact) mass is 229 g/mol. The lowest BCUT2D eigenvalue weighted by Crippen LogP contribution is -2.16. The second kappa shape index (κ2) is 5.80. The third-order valence-electron chi connectivity index (χ3n) is 1.94. The van der Waals surface area contributed by atoms with Gasteiger partial charge in [-0.2, -0.15) is 0 Å². The zero-order chi connectivity index (χ0) is 11.3.